The molecule has 0 bridgehead atoms. The average Bonchev–Trinajstić information content (AvgIpc) is 3.28. The first-order valence-electron chi connectivity index (χ1n) is 13.7. The third-order valence-electron chi connectivity index (χ3n) is 7.55. The van der Waals surface area contributed by atoms with E-state index in [1.54, 1.807) is 0 Å². The first kappa shape index (κ1) is 28.2. The molecule has 3 aliphatic rings. The monoisotopic (exact) mass is 503 g/mol. The number of aliphatic imine (C=N–C) groups is 1. The third kappa shape index (κ3) is 7.81. The molecule has 10 nitrogen and oxygen atoms in total. The second-order valence-corrected chi connectivity index (χ2v) is 11.0. The molecule has 2 atom stereocenters. The van der Waals surface area contributed by atoms with Gasteiger partial charge in [0.2, 0.25) is 11.9 Å². The second kappa shape index (κ2) is 13.2. The molecule has 0 aromatic carbocycles. The molecule has 2 aliphatic heterocycles. The molecule has 2 saturated heterocycles. The zero-order chi connectivity index (χ0) is 26.1. The van der Waals surface area contributed by atoms with Crippen LogP contribution in [0, 0.1) is 23.2 Å². The van der Waals surface area contributed by atoms with Crippen molar-refractivity contribution in [3.8, 4) is 6.07 Å². The number of carbonyl (C=O) groups excluding carboxylic acids is 2. The second-order valence-electron chi connectivity index (χ2n) is 11.0. The van der Waals surface area contributed by atoms with E-state index < -0.39 is 17.6 Å². The van der Waals surface area contributed by atoms with Crippen LogP contribution < -0.4 is 16.0 Å². The average molecular weight is 504 g/mol. The van der Waals surface area contributed by atoms with Crippen LogP contribution in [-0.2, 0) is 9.53 Å². The van der Waals surface area contributed by atoms with Crippen molar-refractivity contribution in [1.29, 1.82) is 5.26 Å². The van der Waals surface area contributed by atoms with Crippen LogP contribution in [0.3, 0.4) is 0 Å². The SMILES string of the molecule is CCNC(=O)N=C(NC(CC(C)C)C(=O)NC1(C#N)CCN(C2CCC(C)CC2)C1)N1CCOCC1. The quantitative estimate of drug-likeness (QED) is 0.359. The number of hydrogen-bond donors (Lipinski definition) is 3. The van der Waals surface area contributed by atoms with Gasteiger partial charge in [-0.25, -0.2) is 4.79 Å². The number of rotatable bonds is 7. The molecular weight excluding hydrogens is 458 g/mol. The van der Waals surface area contributed by atoms with E-state index in [2.05, 4.69) is 52.7 Å². The summed E-state index contributed by atoms with van der Waals surface area (Å²) in [5.74, 6) is 1.15. The number of nitrogens with one attached hydrogen (secondary N) is 3. The fraction of sp³-hybridized carbons (Fsp3) is 0.846. The van der Waals surface area contributed by atoms with Crippen molar-refractivity contribution in [3.05, 3.63) is 0 Å². The lowest BCUT2D eigenvalue weighted by atomic mass is 9.86. The van der Waals surface area contributed by atoms with Gasteiger partial charge in [0.25, 0.3) is 0 Å². The Morgan fingerprint density at radius 1 is 1.17 bits per heavy atom. The van der Waals surface area contributed by atoms with Crippen molar-refractivity contribution in [2.75, 3.05) is 45.9 Å². The lowest BCUT2D eigenvalue weighted by Gasteiger charge is -2.35. The maximum absolute atomic E-state index is 13.6. The Bertz CT molecular complexity index is 813. The fourth-order valence-corrected chi connectivity index (χ4v) is 5.42. The summed E-state index contributed by atoms with van der Waals surface area (Å²) < 4.78 is 5.46. The normalized spacial score (nSPS) is 28.4. The molecule has 0 aromatic heterocycles. The van der Waals surface area contributed by atoms with Crippen molar-refractivity contribution >= 4 is 17.9 Å². The molecule has 1 saturated carbocycles. The number of amides is 3. The Kier molecular flexibility index (Phi) is 10.4. The Balaban J connectivity index is 1.72. The van der Waals surface area contributed by atoms with Crippen LogP contribution in [-0.4, -0.2) is 91.3 Å². The van der Waals surface area contributed by atoms with Gasteiger partial charge in [-0.3, -0.25) is 9.69 Å². The standard InChI is InChI=1S/C26H45N7O3/c1-5-28-25(35)30-24(32-12-14-36-15-13-32)29-22(16-19(2)3)23(34)31-26(17-27)10-11-33(18-26)21-8-6-20(4)7-9-21/h19-22H,5-16,18H2,1-4H3,(H,31,34)(H2,28,29,30,35). The van der Waals surface area contributed by atoms with Crippen LogP contribution in [0.1, 0.15) is 66.2 Å². The predicted molar refractivity (Wildman–Crippen MR) is 139 cm³/mol. The lowest BCUT2D eigenvalue weighted by Crippen LogP contribution is -2.59. The summed E-state index contributed by atoms with van der Waals surface area (Å²) in [5.41, 5.74) is -0.896. The fourth-order valence-electron chi connectivity index (χ4n) is 5.42. The lowest BCUT2D eigenvalue weighted by molar-refractivity contribution is -0.124. The van der Waals surface area contributed by atoms with E-state index in [1.807, 2.05) is 11.8 Å². The van der Waals surface area contributed by atoms with Gasteiger partial charge in [0.05, 0.1) is 19.3 Å². The van der Waals surface area contributed by atoms with E-state index in [4.69, 9.17) is 4.74 Å². The number of morpholine rings is 1. The first-order valence-corrected chi connectivity index (χ1v) is 13.7. The summed E-state index contributed by atoms with van der Waals surface area (Å²) in [6.45, 7) is 12.3. The van der Waals surface area contributed by atoms with E-state index in [9.17, 15) is 14.9 Å². The van der Waals surface area contributed by atoms with E-state index >= 15 is 0 Å². The largest absolute Gasteiger partial charge is 0.378 e. The van der Waals surface area contributed by atoms with Crippen LogP contribution in [0.5, 0.6) is 0 Å². The smallest absolute Gasteiger partial charge is 0.344 e. The van der Waals surface area contributed by atoms with Crippen molar-refractivity contribution in [3.63, 3.8) is 0 Å². The summed E-state index contributed by atoms with van der Waals surface area (Å²) in [6, 6.07) is 1.87. The minimum atomic E-state index is -0.896. The van der Waals surface area contributed by atoms with Crippen molar-refractivity contribution < 1.29 is 14.3 Å². The van der Waals surface area contributed by atoms with Crippen LogP contribution >= 0.6 is 0 Å². The molecule has 1 aliphatic carbocycles. The van der Waals surface area contributed by atoms with Gasteiger partial charge in [-0.15, -0.1) is 0 Å². The van der Waals surface area contributed by atoms with Gasteiger partial charge in [-0.1, -0.05) is 20.8 Å². The topological polar surface area (TPSA) is 122 Å². The van der Waals surface area contributed by atoms with Gasteiger partial charge >= 0.3 is 6.03 Å². The van der Waals surface area contributed by atoms with E-state index in [-0.39, 0.29) is 11.8 Å². The number of urea groups is 1. The number of nitriles is 1. The van der Waals surface area contributed by atoms with E-state index in [0.29, 0.717) is 64.2 Å². The van der Waals surface area contributed by atoms with Gasteiger partial charge in [-0.2, -0.15) is 10.3 Å². The number of hydrogen-bond acceptors (Lipinski definition) is 5. The Morgan fingerprint density at radius 3 is 2.47 bits per heavy atom. The molecule has 2 heterocycles. The number of ether oxygens (including phenoxy) is 1. The number of carbonyl (C=O) groups is 2. The summed E-state index contributed by atoms with van der Waals surface area (Å²) in [6.07, 6.45) is 5.95. The molecular formula is C26H45N7O3. The summed E-state index contributed by atoms with van der Waals surface area (Å²) in [5, 5.41) is 19.2. The molecule has 10 heteroatoms. The first-order chi connectivity index (χ1) is 17.2. The minimum Gasteiger partial charge on any atom is -0.378 e. The maximum Gasteiger partial charge on any atom is 0.344 e. The molecule has 202 valence electrons. The zero-order valence-electron chi connectivity index (χ0n) is 22.5. The minimum absolute atomic E-state index is 0.221. The third-order valence-corrected chi connectivity index (χ3v) is 7.55. The Morgan fingerprint density at radius 2 is 1.86 bits per heavy atom. The van der Waals surface area contributed by atoms with Gasteiger partial charge in [0.1, 0.15) is 11.6 Å². The highest BCUT2D eigenvalue weighted by Crippen LogP contribution is 2.32. The molecule has 2 unspecified atom stereocenters. The van der Waals surface area contributed by atoms with Gasteiger partial charge in [0.15, 0.2) is 0 Å². The molecule has 0 aromatic rings. The van der Waals surface area contributed by atoms with Gasteiger partial charge in [-0.05, 0) is 57.3 Å². The van der Waals surface area contributed by atoms with E-state index in [1.165, 1.54) is 12.8 Å². The molecule has 36 heavy (non-hydrogen) atoms. The highest BCUT2D eigenvalue weighted by atomic mass is 16.5. The van der Waals surface area contributed by atoms with Crippen LogP contribution in [0.25, 0.3) is 0 Å². The van der Waals surface area contributed by atoms with Crippen molar-refractivity contribution in [2.24, 2.45) is 16.8 Å². The highest BCUT2D eigenvalue weighted by molar-refractivity contribution is 5.95. The molecule has 3 amide bonds. The molecule has 3 fully saturated rings. The van der Waals surface area contributed by atoms with Crippen LogP contribution in [0.15, 0.2) is 4.99 Å². The Labute approximate surface area is 216 Å². The number of nitrogens with zero attached hydrogens (tertiary/aromatic N) is 4. The summed E-state index contributed by atoms with van der Waals surface area (Å²) in [7, 11) is 0. The predicted octanol–water partition coefficient (Wildman–Crippen LogP) is 2.07. The van der Waals surface area contributed by atoms with Gasteiger partial charge < -0.3 is 25.6 Å². The zero-order valence-corrected chi connectivity index (χ0v) is 22.5. The summed E-state index contributed by atoms with van der Waals surface area (Å²) in [4.78, 5) is 34.5. The summed E-state index contributed by atoms with van der Waals surface area (Å²) >= 11 is 0. The Hall–Kier alpha value is -2.38. The molecule has 3 rings (SSSR count). The van der Waals surface area contributed by atoms with Crippen molar-refractivity contribution in [2.45, 2.75) is 83.8 Å². The van der Waals surface area contributed by atoms with E-state index in [0.717, 1.165) is 25.3 Å². The number of likely N-dealkylation sites (tertiary alicyclic amines) is 1. The van der Waals surface area contributed by atoms with Crippen LogP contribution in [0.4, 0.5) is 4.79 Å². The maximum atomic E-state index is 13.6. The van der Waals surface area contributed by atoms with Gasteiger partial charge in [0, 0.05) is 38.8 Å². The molecule has 0 radical (unpaired) electrons. The van der Waals surface area contributed by atoms with Crippen molar-refractivity contribution in [1.82, 2.24) is 25.8 Å². The highest BCUT2D eigenvalue weighted by Gasteiger charge is 2.43. The number of guanidine groups is 1. The molecule has 0 spiro atoms. The molecule has 3 N–H and O–H groups in total. The van der Waals surface area contributed by atoms with Crippen LogP contribution in [0.2, 0.25) is 0 Å².